The van der Waals surface area contributed by atoms with E-state index in [0.29, 0.717) is 23.8 Å². The van der Waals surface area contributed by atoms with Crippen LogP contribution in [0.4, 0.5) is 0 Å². The molecule has 1 aliphatic carbocycles. The van der Waals surface area contributed by atoms with E-state index < -0.39 is 0 Å². The van der Waals surface area contributed by atoms with Gasteiger partial charge < -0.3 is 20.0 Å². The van der Waals surface area contributed by atoms with Crippen molar-refractivity contribution in [3.63, 3.8) is 0 Å². The molecule has 1 N–H and O–H groups in total. The number of likely N-dealkylation sites (tertiary alicyclic amines) is 1. The summed E-state index contributed by atoms with van der Waals surface area (Å²) in [4.78, 5) is 33.1. The molecule has 6 nitrogen and oxygen atoms in total. The molecule has 0 aromatic carbocycles. The maximum Gasteiger partial charge on any atom is 0.245 e. The van der Waals surface area contributed by atoms with E-state index in [1.807, 2.05) is 4.90 Å². The predicted molar refractivity (Wildman–Crippen MR) is 121 cm³/mol. The molecule has 1 spiro atoms. The Labute approximate surface area is 183 Å². The lowest BCUT2D eigenvalue weighted by Crippen LogP contribution is -2.62. The minimum atomic E-state index is -0.305. The lowest BCUT2D eigenvalue weighted by Gasteiger charge is -2.42. The van der Waals surface area contributed by atoms with E-state index in [1.165, 1.54) is 6.42 Å². The molecule has 0 bridgehead atoms. The highest BCUT2D eigenvalue weighted by atomic mass is 16.2. The normalized spacial score (nSPS) is 27.4. The number of rotatable bonds is 8. The molecule has 172 valence electrons. The van der Waals surface area contributed by atoms with E-state index in [4.69, 9.17) is 0 Å². The summed E-state index contributed by atoms with van der Waals surface area (Å²) in [5.41, 5.74) is 0.474. The number of nitrogens with zero attached hydrogens (tertiary/aromatic N) is 3. The SMILES string of the molecule is CC(C)CC(C(=O)N1CCC2(CC1)CC2CN(C)C)N1CCN[C@@H](CC(C)C)C1=O. The van der Waals surface area contributed by atoms with Crippen molar-refractivity contribution in [1.29, 1.82) is 0 Å². The molecule has 3 fully saturated rings. The molecule has 0 radical (unpaired) electrons. The lowest BCUT2D eigenvalue weighted by atomic mass is 9.89. The van der Waals surface area contributed by atoms with Gasteiger partial charge in [0, 0.05) is 32.7 Å². The Kier molecular flexibility index (Phi) is 7.49. The number of hydrogen-bond donors (Lipinski definition) is 1. The van der Waals surface area contributed by atoms with Gasteiger partial charge in [0.1, 0.15) is 6.04 Å². The lowest BCUT2D eigenvalue weighted by molar-refractivity contribution is -0.150. The second kappa shape index (κ2) is 9.56. The van der Waals surface area contributed by atoms with Crippen LogP contribution in [0.2, 0.25) is 0 Å². The molecule has 0 aromatic rings. The molecule has 1 saturated carbocycles. The van der Waals surface area contributed by atoms with Gasteiger partial charge in [-0.05, 0) is 69.4 Å². The van der Waals surface area contributed by atoms with Crippen molar-refractivity contribution in [1.82, 2.24) is 20.0 Å². The first-order chi connectivity index (χ1) is 14.1. The van der Waals surface area contributed by atoms with Gasteiger partial charge in [-0.2, -0.15) is 0 Å². The highest BCUT2D eigenvalue weighted by Gasteiger charge is 2.55. The van der Waals surface area contributed by atoms with Gasteiger partial charge in [-0.1, -0.05) is 27.7 Å². The third-order valence-corrected chi connectivity index (χ3v) is 7.40. The topological polar surface area (TPSA) is 55.9 Å². The van der Waals surface area contributed by atoms with Crippen molar-refractivity contribution in [2.45, 2.75) is 71.9 Å². The van der Waals surface area contributed by atoms with Crippen LogP contribution in [0.1, 0.15) is 59.8 Å². The molecular formula is C24H44N4O2. The van der Waals surface area contributed by atoms with E-state index >= 15 is 0 Å². The number of piperidine rings is 1. The van der Waals surface area contributed by atoms with Gasteiger partial charge in [0.15, 0.2) is 0 Å². The molecule has 2 aliphatic heterocycles. The molecule has 3 aliphatic rings. The zero-order valence-electron chi connectivity index (χ0n) is 20.1. The Morgan fingerprint density at radius 1 is 1.13 bits per heavy atom. The van der Waals surface area contributed by atoms with Crippen molar-refractivity contribution in [3.8, 4) is 0 Å². The third-order valence-electron chi connectivity index (χ3n) is 7.40. The van der Waals surface area contributed by atoms with Crippen LogP contribution in [0, 0.1) is 23.2 Å². The fourth-order valence-corrected chi connectivity index (χ4v) is 5.66. The highest BCUT2D eigenvalue weighted by Crippen LogP contribution is 2.59. The van der Waals surface area contributed by atoms with Gasteiger partial charge in [0.05, 0.1) is 6.04 Å². The molecule has 2 saturated heterocycles. The molecule has 2 amide bonds. The number of nitrogens with one attached hydrogen (secondary N) is 1. The van der Waals surface area contributed by atoms with Crippen LogP contribution >= 0.6 is 0 Å². The number of carbonyl (C=O) groups excluding carboxylic acids is 2. The monoisotopic (exact) mass is 420 g/mol. The minimum absolute atomic E-state index is 0.121. The number of amides is 2. The summed E-state index contributed by atoms with van der Waals surface area (Å²) < 4.78 is 0. The summed E-state index contributed by atoms with van der Waals surface area (Å²) in [7, 11) is 4.30. The molecule has 30 heavy (non-hydrogen) atoms. The number of carbonyl (C=O) groups is 2. The summed E-state index contributed by atoms with van der Waals surface area (Å²) in [6, 6.07) is -0.454. The fourth-order valence-electron chi connectivity index (χ4n) is 5.66. The number of hydrogen-bond acceptors (Lipinski definition) is 4. The van der Waals surface area contributed by atoms with Crippen molar-refractivity contribution in [2.75, 3.05) is 46.8 Å². The van der Waals surface area contributed by atoms with E-state index in [9.17, 15) is 9.59 Å². The molecule has 3 atom stereocenters. The summed E-state index contributed by atoms with van der Waals surface area (Å²) in [6.45, 7) is 12.9. The van der Waals surface area contributed by atoms with Crippen molar-refractivity contribution < 1.29 is 9.59 Å². The molecular weight excluding hydrogens is 376 g/mol. The van der Waals surface area contributed by atoms with E-state index in [1.54, 1.807) is 0 Å². The second-order valence-electron chi connectivity index (χ2n) is 11.2. The van der Waals surface area contributed by atoms with Gasteiger partial charge in [-0.15, -0.1) is 0 Å². The van der Waals surface area contributed by atoms with Crippen LogP contribution in [0.25, 0.3) is 0 Å². The van der Waals surface area contributed by atoms with Crippen molar-refractivity contribution in [2.24, 2.45) is 23.2 Å². The van der Waals surface area contributed by atoms with E-state index in [0.717, 1.165) is 57.8 Å². The van der Waals surface area contributed by atoms with E-state index in [-0.39, 0.29) is 23.9 Å². The van der Waals surface area contributed by atoms with Crippen LogP contribution in [0.3, 0.4) is 0 Å². The summed E-state index contributed by atoms with van der Waals surface area (Å²) >= 11 is 0. The smallest absolute Gasteiger partial charge is 0.245 e. The minimum Gasteiger partial charge on any atom is -0.341 e. The fraction of sp³-hybridized carbons (Fsp3) is 0.917. The molecule has 3 rings (SSSR count). The Bertz CT molecular complexity index is 610. The van der Waals surface area contributed by atoms with Crippen LogP contribution < -0.4 is 5.32 Å². The van der Waals surface area contributed by atoms with Crippen LogP contribution in [-0.2, 0) is 9.59 Å². The van der Waals surface area contributed by atoms with Crippen molar-refractivity contribution >= 4 is 11.8 Å². The Hall–Kier alpha value is -1.14. The number of piperazine rings is 1. The maximum absolute atomic E-state index is 13.6. The maximum atomic E-state index is 13.6. The second-order valence-corrected chi connectivity index (χ2v) is 11.2. The summed E-state index contributed by atoms with van der Waals surface area (Å²) in [6.07, 6.45) is 5.14. The van der Waals surface area contributed by atoms with Gasteiger partial charge in [-0.25, -0.2) is 0 Å². The van der Waals surface area contributed by atoms with Gasteiger partial charge in [-0.3, -0.25) is 9.59 Å². The average molecular weight is 421 g/mol. The zero-order chi connectivity index (χ0) is 22.1. The van der Waals surface area contributed by atoms with Crippen LogP contribution in [0.5, 0.6) is 0 Å². The Morgan fingerprint density at radius 2 is 1.80 bits per heavy atom. The van der Waals surface area contributed by atoms with Crippen LogP contribution in [-0.4, -0.2) is 85.4 Å². The highest BCUT2D eigenvalue weighted by molar-refractivity contribution is 5.90. The van der Waals surface area contributed by atoms with Crippen molar-refractivity contribution in [3.05, 3.63) is 0 Å². The molecule has 2 heterocycles. The summed E-state index contributed by atoms with van der Waals surface area (Å²) in [5, 5.41) is 3.38. The predicted octanol–water partition coefficient (Wildman–Crippen LogP) is 2.44. The Morgan fingerprint density at radius 3 is 2.37 bits per heavy atom. The first-order valence-corrected chi connectivity index (χ1v) is 12.1. The largest absolute Gasteiger partial charge is 0.341 e. The van der Waals surface area contributed by atoms with Gasteiger partial charge in [0.2, 0.25) is 11.8 Å². The molecule has 0 aromatic heterocycles. The Balaban J connectivity index is 1.64. The third kappa shape index (κ3) is 5.37. The summed E-state index contributed by atoms with van der Waals surface area (Å²) in [5.74, 6) is 1.94. The molecule has 6 heteroatoms. The zero-order valence-corrected chi connectivity index (χ0v) is 20.1. The first-order valence-electron chi connectivity index (χ1n) is 12.1. The average Bonchev–Trinajstić information content (AvgIpc) is 3.31. The van der Waals surface area contributed by atoms with E-state index in [2.05, 4.69) is 56.9 Å². The molecule has 2 unspecified atom stereocenters. The van der Waals surface area contributed by atoms with Gasteiger partial charge >= 0.3 is 0 Å². The quantitative estimate of drug-likeness (QED) is 0.655. The van der Waals surface area contributed by atoms with Crippen LogP contribution in [0.15, 0.2) is 0 Å². The first kappa shape index (κ1) is 23.5. The van der Waals surface area contributed by atoms with Gasteiger partial charge in [0.25, 0.3) is 0 Å². The standard InChI is InChI=1S/C24H44N4O2/c1-17(2)13-20-22(29)28(12-9-25-20)21(14-18(3)4)23(30)27-10-7-24(8-11-27)15-19(24)16-26(5)6/h17-21,25H,7-16H2,1-6H3/t19?,20-,21?/m0/s1.